The molecule has 0 spiro atoms. The lowest BCUT2D eigenvalue weighted by molar-refractivity contribution is -0.390. The van der Waals surface area contributed by atoms with E-state index in [1.807, 2.05) is 12.1 Å². The Morgan fingerprint density at radius 2 is 1.81 bits per heavy atom. The van der Waals surface area contributed by atoms with Crippen molar-refractivity contribution in [1.29, 1.82) is 0 Å². The zero-order chi connectivity index (χ0) is 23.6. The maximum Gasteiger partial charge on any atom is 0.340 e. The van der Waals surface area contributed by atoms with Crippen molar-refractivity contribution < 1.29 is 23.0 Å². The summed E-state index contributed by atoms with van der Waals surface area (Å²) < 4.78 is 40.4. The third-order valence-electron chi connectivity index (χ3n) is 5.78. The molecule has 0 unspecified atom stereocenters. The number of nitrogens with one attached hydrogen (secondary N) is 1. The Labute approximate surface area is 188 Å². The number of halogens is 2. The van der Waals surface area contributed by atoms with Gasteiger partial charge in [0.05, 0.1) is 11.0 Å². The van der Waals surface area contributed by atoms with Crippen LogP contribution in [-0.2, 0) is 29.2 Å². The second-order valence-electron chi connectivity index (χ2n) is 9.33. The fraction of sp³-hybridized carbons (Fsp3) is 0.478. The average molecular weight is 467 g/mol. The van der Waals surface area contributed by atoms with Crippen molar-refractivity contribution in [2.75, 3.05) is 11.5 Å². The van der Waals surface area contributed by atoms with Gasteiger partial charge in [-0.1, -0.05) is 45.0 Å². The van der Waals surface area contributed by atoms with Crippen LogP contribution in [-0.4, -0.2) is 37.9 Å². The molecule has 0 amide bonds. The number of aliphatic hydroxyl groups is 1. The fourth-order valence-electron chi connectivity index (χ4n) is 4.00. The van der Waals surface area contributed by atoms with E-state index in [0.29, 0.717) is 6.54 Å². The summed E-state index contributed by atoms with van der Waals surface area (Å²) in [6, 6.07) is 9.49. The van der Waals surface area contributed by atoms with Crippen molar-refractivity contribution in [3.63, 3.8) is 0 Å². The summed E-state index contributed by atoms with van der Waals surface area (Å²) in [5.41, 5.74) is 1.22. The lowest BCUT2D eigenvalue weighted by Crippen LogP contribution is -2.53. The summed E-state index contributed by atoms with van der Waals surface area (Å²) in [4.78, 5) is 9.68. The number of benzene rings is 2. The van der Waals surface area contributed by atoms with Crippen LogP contribution < -0.4 is 5.32 Å². The van der Waals surface area contributed by atoms with E-state index in [-0.39, 0.29) is 28.9 Å². The second-order valence-corrected chi connectivity index (χ2v) is 10.9. The number of aliphatic hydroxyl groups excluding tert-OH is 1. The number of hydrogen-bond donors (Lipinski definition) is 2. The molecule has 2 aromatic rings. The van der Waals surface area contributed by atoms with E-state index in [1.165, 1.54) is 5.56 Å². The zero-order valence-corrected chi connectivity index (χ0v) is 19.1. The van der Waals surface area contributed by atoms with Crippen molar-refractivity contribution in [3.8, 4) is 0 Å². The van der Waals surface area contributed by atoms with Crippen LogP contribution in [0.3, 0.4) is 0 Å². The summed E-state index contributed by atoms with van der Waals surface area (Å²) in [5.74, 6) is -2.54. The molecule has 1 saturated heterocycles. The lowest BCUT2D eigenvalue weighted by atomic mass is 9.86. The summed E-state index contributed by atoms with van der Waals surface area (Å²) in [5, 5.41) is 24.9. The van der Waals surface area contributed by atoms with Gasteiger partial charge in [0, 0.05) is 40.8 Å². The highest BCUT2D eigenvalue weighted by Crippen LogP contribution is 2.28. The summed E-state index contributed by atoms with van der Waals surface area (Å²) in [6.45, 7) is 6.86. The normalized spacial score (nSPS) is 23.8. The van der Waals surface area contributed by atoms with E-state index in [0.717, 1.165) is 17.7 Å². The highest BCUT2D eigenvalue weighted by atomic mass is 32.2. The number of nitro benzene ring substituents is 1. The Balaban J connectivity index is 1.71. The molecule has 2 N–H and O–H groups in total. The summed E-state index contributed by atoms with van der Waals surface area (Å²) in [7, 11) is -1.21. The van der Waals surface area contributed by atoms with Gasteiger partial charge in [-0.25, -0.2) is 0 Å². The Morgan fingerprint density at radius 1 is 1.16 bits per heavy atom. The highest BCUT2D eigenvalue weighted by Gasteiger charge is 2.36. The lowest BCUT2D eigenvalue weighted by Gasteiger charge is -2.35. The van der Waals surface area contributed by atoms with Crippen LogP contribution in [0.1, 0.15) is 37.5 Å². The molecule has 2 aromatic carbocycles. The van der Waals surface area contributed by atoms with Crippen LogP contribution in [0.25, 0.3) is 0 Å². The molecule has 1 aliphatic rings. The first-order valence-electron chi connectivity index (χ1n) is 10.4. The third-order valence-corrected chi connectivity index (χ3v) is 7.31. The monoisotopic (exact) mass is 466 g/mol. The molecule has 174 valence electrons. The minimum absolute atomic E-state index is 0.00224. The standard InChI is InChI=1S/C23H28F2N2O4S/c1-23(2,3)17-6-4-5-14(8-17)11-26-20-13-32(31)12-16(22(20)28)7-15-9-18(24)21(27(29)30)19(25)10-15/h4-6,8-10,16,20,22,26,28H,7,11-13H2,1-3H3/t16-,20+,22+,32-/m1/s1. The quantitative estimate of drug-likeness (QED) is 0.501. The second kappa shape index (κ2) is 9.72. The van der Waals surface area contributed by atoms with Crippen molar-refractivity contribution in [2.45, 2.75) is 51.3 Å². The number of hydrogen-bond acceptors (Lipinski definition) is 5. The molecular formula is C23H28F2N2O4S. The first-order valence-corrected chi connectivity index (χ1v) is 11.9. The van der Waals surface area contributed by atoms with Crippen molar-refractivity contribution >= 4 is 16.5 Å². The molecule has 0 radical (unpaired) electrons. The number of rotatable bonds is 6. The third kappa shape index (κ3) is 5.76. The van der Waals surface area contributed by atoms with Gasteiger partial charge in [-0.2, -0.15) is 8.78 Å². The first-order chi connectivity index (χ1) is 15.0. The van der Waals surface area contributed by atoms with Gasteiger partial charge in [0.15, 0.2) is 0 Å². The van der Waals surface area contributed by atoms with Crippen molar-refractivity contribution in [1.82, 2.24) is 5.32 Å². The maximum absolute atomic E-state index is 14.0. The molecule has 0 bridgehead atoms. The van der Waals surface area contributed by atoms with Gasteiger partial charge in [-0.05, 0) is 40.7 Å². The summed E-state index contributed by atoms with van der Waals surface area (Å²) in [6.07, 6.45) is -0.809. The minimum Gasteiger partial charge on any atom is -0.391 e. The van der Waals surface area contributed by atoms with Crippen molar-refractivity contribution in [3.05, 3.63) is 74.8 Å². The van der Waals surface area contributed by atoms with Crippen LogP contribution in [0.5, 0.6) is 0 Å². The van der Waals surface area contributed by atoms with Crippen LogP contribution in [0.15, 0.2) is 36.4 Å². The molecular weight excluding hydrogens is 438 g/mol. The van der Waals surface area contributed by atoms with E-state index >= 15 is 0 Å². The molecule has 0 aliphatic carbocycles. The maximum atomic E-state index is 14.0. The molecule has 1 aliphatic heterocycles. The van der Waals surface area contributed by atoms with E-state index in [1.54, 1.807) is 0 Å². The Kier molecular flexibility index (Phi) is 7.42. The van der Waals surface area contributed by atoms with Gasteiger partial charge in [0.25, 0.3) is 0 Å². The zero-order valence-electron chi connectivity index (χ0n) is 18.3. The highest BCUT2D eigenvalue weighted by molar-refractivity contribution is 7.85. The largest absolute Gasteiger partial charge is 0.391 e. The Morgan fingerprint density at radius 3 is 2.41 bits per heavy atom. The minimum atomic E-state index is -1.26. The van der Waals surface area contributed by atoms with Gasteiger partial charge in [0.2, 0.25) is 11.6 Å². The molecule has 32 heavy (non-hydrogen) atoms. The molecule has 4 atom stereocenters. The van der Waals surface area contributed by atoms with E-state index < -0.39 is 51.1 Å². The van der Waals surface area contributed by atoms with Gasteiger partial charge >= 0.3 is 5.69 Å². The molecule has 3 rings (SSSR count). The topological polar surface area (TPSA) is 92.5 Å². The van der Waals surface area contributed by atoms with Crippen LogP contribution >= 0.6 is 0 Å². The van der Waals surface area contributed by atoms with Crippen molar-refractivity contribution in [2.24, 2.45) is 5.92 Å². The van der Waals surface area contributed by atoms with Gasteiger partial charge in [-0.3, -0.25) is 14.3 Å². The van der Waals surface area contributed by atoms with Gasteiger partial charge in [-0.15, -0.1) is 0 Å². The SMILES string of the molecule is CC(C)(C)c1cccc(CN[C@H]2C[S@](=O)C[C@@H](Cc3cc(F)c([N+](=O)[O-])c(F)c3)[C@@H]2O)c1. The number of nitro groups is 1. The number of nitrogens with zero attached hydrogens (tertiary/aromatic N) is 1. The molecule has 9 heteroatoms. The van der Waals surface area contributed by atoms with Gasteiger partial charge in [0.1, 0.15) is 0 Å². The first kappa shape index (κ1) is 24.4. The molecule has 1 heterocycles. The Hall–Kier alpha value is -2.23. The molecule has 0 aromatic heterocycles. The van der Waals surface area contributed by atoms with E-state index in [2.05, 4.69) is 38.2 Å². The van der Waals surface area contributed by atoms with Crippen LogP contribution in [0.4, 0.5) is 14.5 Å². The summed E-state index contributed by atoms with van der Waals surface area (Å²) >= 11 is 0. The fourth-order valence-corrected chi connectivity index (χ4v) is 5.65. The predicted molar refractivity (Wildman–Crippen MR) is 120 cm³/mol. The van der Waals surface area contributed by atoms with Crippen LogP contribution in [0.2, 0.25) is 0 Å². The average Bonchev–Trinajstić information content (AvgIpc) is 2.68. The van der Waals surface area contributed by atoms with E-state index in [4.69, 9.17) is 0 Å². The Bertz CT molecular complexity index is 1000. The van der Waals surface area contributed by atoms with Crippen LogP contribution in [0, 0.1) is 27.7 Å². The molecule has 0 saturated carbocycles. The smallest absolute Gasteiger partial charge is 0.340 e. The molecule has 6 nitrogen and oxygen atoms in total. The van der Waals surface area contributed by atoms with Gasteiger partial charge < -0.3 is 10.4 Å². The molecule has 1 fully saturated rings. The van der Waals surface area contributed by atoms with E-state index in [9.17, 15) is 28.2 Å². The predicted octanol–water partition coefficient (Wildman–Crippen LogP) is 3.61.